The summed E-state index contributed by atoms with van der Waals surface area (Å²) in [7, 11) is 0. The fraction of sp³-hybridized carbons (Fsp3) is 0.0741. The van der Waals surface area contributed by atoms with E-state index < -0.39 is 11.4 Å². The predicted octanol–water partition coefficient (Wildman–Crippen LogP) is 5.44. The summed E-state index contributed by atoms with van der Waals surface area (Å²) in [6, 6.07) is 20.8. The summed E-state index contributed by atoms with van der Waals surface area (Å²) >= 11 is 0. The number of azo groups is 1. The number of amides is 1. The number of hydrogen-bond donors (Lipinski definition) is 1. The molecule has 0 aromatic heterocycles. The largest absolute Gasteiger partial charge is 0.323 e. The fourth-order valence-corrected chi connectivity index (χ4v) is 4.02. The van der Waals surface area contributed by atoms with Crippen molar-refractivity contribution >= 4 is 28.8 Å². The maximum atomic E-state index is 13.5. The third-order valence-corrected chi connectivity index (χ3v) is 5.74. The van der Waals surface area contributed by atoms with Crippen molar-refractivity contribution in [2.75, 3.05) is 5.32 Å². The second-order valence-electron chi connectivity index (χ2n) is 7.84. The van der Waals surface area contributed by atoms with Gasteiger partial charge in [0.2, 0.25) is 0 Å². The number of allylic oxidation sites excluding steroid dienone is 2. The van der Waals surface area contributed by atoms with Crippen molar-refractivity contribution in [2.24, 2.45) is 10.2 Å². The molecule has 3 aromatic carbocycles. The molecule has 1 atom stereocenters. The fourth-order valence-electron chi connectivity index (χ4n) is 4.02. The number of carbonyl (C=O) groups is 3. The van der Waals surface area contributed by atoms with E-state index in [1.54, 1.807) is 66.7 Å². The van der Waals surface area contributed by atoms with Gasteiger partial charge in [0.25, 0.3) is 5.91 Å². The summed E-state index contributed by atoms with van der Waals surface area (Å²) in [5, 5.41) is 11.5. The molecule has 3 aromatic rings. The SMILES string of the molecule is O=C1c2ccccc2C(=O)c2c(NC(=O)C3(N=Nc4ccccc4)C=CC=CC3)cccc21. The van der Waals surface area contributed by atoms with E-state index in [0.29, 0.717) is 23.2 Å². The Morgan fingerprint density at radius 2 is 1.48 bits per heavy atom. The normalized spacial score (nSPS) is 18.8. The molecule has 0 bridgehead atoms. The number of nitrogens with zero attached hydrogens (tertiary/aromatic N) is 2. The lowest BCUT2D eigenvalue weighted by Crippen LogP contribution is -2.40. The summed E-state index contributed by atoms with van der Waals surface area (Å²) in [5.41, 5.74) is 0.801. The van der Waals surface area contributed by atoms with Crippen LogP contribution in [0.4, 0.5) is 11.4 Å². The van der Waals surface area contributed by atoms with Crippen LogP contribution in [0.3, 0.4) is 0 Å². The van der Waals surface area contributed by atoms with Crippen LogP contribution in [0.2, 0.25) is 0 Å². The summed E-state index contributed by atoms with van der Waals surface area (Å²) in [5.74, 6) is -0.972. The van der Waals surface area contributed by atoms with E-state index in [4.69, 9.17) is 0 Å². The van der Waals surface area contributed by atoms with Crippen LogP contribution in [0.1, 0.15) is 38.3 Å². The van der Waals surface area contributed by atoms with Crippen molar-refractivity contribution in [3.63, 3.8) is 0 Å². The molecule has 1 unspecified atom stereocenters. The average molecular weight is 433 g/mol. The van der Waals surface area contributed by atoms with Crippen LogP contribution in [0, 0.1) is 0 Å². The van der Waals surface area contributed by atoms with E-state index in [1.165, 1.54) is 0 Å². The smallest absolute Gasteiger partial charge is 0.258 e. The summed E-state index contributed by atoms with van der Waals surface area (Å²) in [4.78, 5) is 39.7. The minimum absolute atomic E-state index is 0.194. The molecule has 1 amide bonds. The Morgan fingerprint density at radius 3 is 2.21 bits per heavy atom. The van der Waals surface area contributed by atoms with Gasteiger partial charge in [0.1, 0.15) is 0 Å². The maximum absolute atomic E-state index is 13.5. The Hall–Kier alpha value is -4.45. The van der Waals surface area contributed by atoms with Gasteiger partial charge in [-0.25, -0.2) is 0 Å². The Morgan fingerprint density at radius 1 is 0.788 bits per heavy atom. The van der Waals surface area contributed by atoms with Crippen LogP contribution < -0.4 is 5.32 Å². The van der Waals surface area contributed by atoms with Crippen LogP contribution in [-0.2, 0) is 4.79 Å². The first-order valence-electron chi connectivity index (χ1n) is 10.5. The minimum atomic E-state index is -1.27. The predicted molar refractivity (Wildman–Crippen MR) is 125 cm³/mol. The van der Waals surface area contributed by atoms with Crippen molar-refractivity contribution in [1.29, 1.82) is 0 Å². The van der Waals surface area contributed by atoms with Crippen LogP contribution in [0.15, 0.2) is 107 Å². The molecule has 0 aliphatic heterocycles. The van der Waals surface area contributed by atoms with Crippen molar-refractivity contribution in [1.82, 2.24) is 0 Å². The molecule has 0 radical (unpaired) electrons. The Balaban J connectivity index is 1.51. The first-order valence-corrected chi connectivity index (χ1v) is 10.5. The first kappa shape index (κ1) is 20.5. The van der Waals surface area contributed by atoms with Crippen molar-refractivity contribution < 1.29 is 14.4 Å². The van der Waals surface area contributed by atoms with E-state index in [1.807, 2.05) is 30.4 Å². The summed E-state index contributed by atoms with van der Waals surface area (Å²) in [6.07, 6.45) is 7.43. The second-order valence-corrected chi connectivity index (χ2v) is 7.84. The molecule has 160 valence electrons. The first-order chi connectivity index (χ1) is 16.1. The molecule has 6 nitrogen and oxygen atoms in total. The van der Waals surface area contributed by atoms with Gasteiger partial charge in [-0.3, -0.25) is 14.4 Å². The Bertz CT molecular complexity index is 1370. The molecule has 0 saturated carbocycles. The van der Waals surface area contributed by atoms with Crippen LogP contribution in [0.25, 0.3) is 0 Å². The third-order valence-electron chi connectivity index (χ3n) is 5.74. The third kappa shape index (κ3) is 3.61. The van der Waals surface area contributed by atoms with Gasteiger partial charge in [-0.2, -0.15) is 10.2 Å². The van der Waals surface area contributed by atoms with Gasteiger partial charge in [0, 0.05) is 23.1 Å². The molecule has 2 aliphatic carbocycles. The van der Waals surface area contributed by atoms with Crippen LogP contribution in [-0.4, -0.2) is 23.0 Å². The van der Waals surface area contributed by atoms with E-state index in [0.717, 1.165) is 0 Å². The van der Waals surface area contributed by atoms with E-state index in [2.05, 4.69) is 15.5 Å². The van der Waals surface area contributed by atoms with Gasteiger partial charge in [-0.1, -0.05) is 72.8 Å². The monoisotopic (exact) mass is 433 g/mol. The Labute approximate surface area is 190 Å². The quantitative estimate of drug-likeness (QED) is 0.435. The number of ketones is 2. The highest BCUT2D eigenvalue weighted by atomic mass is 16.2. The van der Waals surface area contributed by atoms with Crippen molar-refractivity contribution in [3.05, 3.63) is 119 Å². The van der Waals surface area contributed by atoms with E-state index >= 15 is 0 Å². The second kappa shape index (κ2) is 8.24. The van der Waals surface area contributed by atoms with Gasteiger partial charge in [-0.15, -0.1) is 0 Å². The number of anilines is 1. The molecule has 6 heteroatoms. The number of carbonyl (C=O) groups excluding carboxylic acids is 3. The molecular formula is C27H19N3O3. The highest BCUT2D eigenvalue weighted by Gasteiger charge is 2.38. The average Bonchev–Trinajstić information content (AvgIpc) is 2.87. The summed E-state index contributed by atoms with van der Waals surface area (Å²) in [6.45, 7) is 0. The highest BCUT2D eigenvalue weighted by Crippen LogP contribution is 2.33. The molecule has 1 N–H and O–H groups in total. The maximum Gasteiger partial charge on any atom is 0.258 e. The lowest BCUT2D eigenvalue weighted by atomic mass is 9.83. The zero-order valence-corrected chi connectivity index (χ0v) is 17.6. The lowest BCUT2D eigenvalue weighted by Gasteiger charge is -2.26. The molecule has 0 saturated heterocycles. The molecular weight excluding hydrogens is 414 g/mol. The zero-order valence-electron chi connectivity index (χ0n) is 17.6. The number of rotatable bonds is 4. The number of hydrogen-bond acceptors (Lipinski definition) is 5. The number of benzene rings is 3. The topological polar surface area (TPSA) is 88.0 Å². The van der Waals surface area contributed by atoms with E-state index in [-0.39, 0.29) is 28.4 Å². The van der Waals surface area contributed by atoms with E-state index in [9.17, 15) is 14.4 Å². The molecule has 0 spiro atoms. The van der Waals surface area contributed by atoms with Gasteiger partial charge in [0.05, 0.1) is 16.9 Å². The number of fused-ring (bicyclic) bond motifs is 2. The molecule has 5 rings (SSSR count). The van der Waals surface area contributed by atoms with Gasteiger partial charge in [-0.05, 0) is 24.3 Å². The van der Waals surface area contributed by atoms with Crippen LogP contribution >= 0.6 is 0 Å². The van der Waals surface area contributed by atoms with Crippen molar-refractivity contribution in [3.8, 4) is 0 Å². The zero-order chi connectivity index (χ0) is 22.8. The molecule has 33 heavy (non-hydrogen) atoms. The standard InChI is InChI=1S/C27H19N3O3/c31-24-19-12-5-6-13-20(19)25(32)23-21(24)14-9-15-22(23)28-26(33)27(16-7-2-8-17-27)30-29-18-10-3-1-4-11-18/h1-16H,17H2,(H,28,33). The summed E-state index contributed by atoms with van der Waals surface area (Å²) < 4.78 is 0. The van der Waals surface area contributed by atoms with Crippen molar-refractivity contribution in [2.45, 2.75) is 12.0 Å². The van der Waals surface area contributed by atoms with Crippen LogP contribution in [0.5, 0.6) is 0 Å². The molecule has 2 aliphatic rings. The molecule has 0 heterocycles. The molecule has 0 fully saturated rings. The Kier molecular flexibility index (Phi) is 5.11. The van der Waals surface area contributed by atoms with Gasteiger partial charge < -0.3 is 5.32 Å². The number of nitrogens with one attached hydrogen (secondary N) is 1. The minimum Gasteiger partial charge on any atom is -0.323 e. The lowest BCUT2D eigenvalue weighted by molar-refractivity contribution is -0.119. The van der Waals surface area contributed by atoms with Gasteiger partial charge >= 0.3 is 0 Å². The highest BCUT2D eigenvalue weighted by molar-refractivity contribution is 6.30. The van der Waals surface area contributed by atoms with Gasteiger partial charge in [0.15, 0.2) is 17.1 Å².